The first-order chi connectivity index (χ1) is 11.2. The molecule has 0 bridgehead atoms. The lowest BCUT2D eigenvalue weighted by Crippen LogP contribution is -1.88. The molecule has 0 saturated heterocycles. The molecule has 0 fully saturated rings. The Morgan fingerprint density at radius 1 is 1.13 bits per heavy atom. The molecule has 3 aromatic rings. The maximum atomic E-state index is 5.84. The van der Waals surface area contributed by atoms with Gasteiger partial charge in [-0.2, -0.15) is 0 Å². The number of hydrogen-bond donors (Lipinski definition) is 0. The molecule has 0 amide bonds. The fraction of sp³-hybridized carbons (Fsp3) is 0.111. The van der Waals surface area contributed by atoms with Crippen molar-refractivity contribution in [1.29, 1.82) is 0 Å². The maximum absolute atomic E-state index is 5.84. The lowest BCUT2D eigenvalue weighted by atomic mass is 10.2. The number of hydrogen-bond acceptors (Lipinski definition) is 4. The van der Waals surface area contributed by atoms with Crippen LogP contribution in [0.25, 0.3) is 10.6 Å². The van der Waals surface area contributed by atoms with Crippen LogP contribution in [-0.2, 0) is 11.4 Å². The molecule has 0 radical (unpaired) electrons. The summed E-state index contributed by atoms with van der Waals surface area (Å²) in [5, 5.41) is 5.71. The van der Waals surface area contributed by atoms with Crippen LogP contribution in [0, 0.1) is 6.92 Å². The first kappa shape index (κ1) is 15.7. The van der Waals surface area contributed by atoms with Gasteiger partial charge in [0, 0.05) is 10.6 Å². The van der Waals surface area contributed by atoms with Crippen molar-refractivity contribution in [3.8, 4) is 10.6 Å². The first-order valence-corrected chi connectivity index (χ1v) is 8.34. The third-order valence-electron chi connectivity index (χ3n) is 3.26. The topological polar surface area (TPSA) is 34.5 Å². The molecule has 0 N–H and O–H groups in total. The Morgan fingerprint density at radius 3 is 2.61 bits per heavy atom. The number of nitrogens with zero attached hydrogens (tertiary/aromatic N) is 2. The summed E-state index contributed by atoms with van der Waals surface area (Å²) in [5.41, 5.74) is 3.05. The molecule has 23 heavy (non-hydrogen) atoms. The smallest absolute Gasteiger partial charge is 0.153 e. The van der Waals surface area contributed by atoms with Crippen molar-refractivity contribution in [3.63, 3.8) is 0 Å². The van der Waals surface area contributed by atoms with Gasteiger partial charge in [-0.3, -0.25) is 0 Å². The number of oxime groups is 1. The van der Waals surface area contributed by atoms with Gasteiger partial charge in [0.1, 0.15) is 5.01 Å². The Balaban J connectivity index is 1.62. The summed E-state index contributed by atoms with van der Waals surface area (Å²) in [7, 11) is 0. The summed E-state index contributed by atoms with van der Waals surface area (Å²) in [6.45, 7) is 2.41. The molecule has 0 spiro atoms. The number of aryl methyl sites for hydroxylation is 1. The molecular weight excluding hydrogens is 328 g/mol. The van der Waals surface area contributed by atoms with E-state index in [0.717, 1.165) is 26.7 Å². The molecule has 1 heterocycles. The van der Waals surface area contributed by atoms with Gasteiger partial charge in [-0.25, -0.2) is 4.98 Å². The maximum Gasteiger partial charge on any atom is 0.153 e. The minimum absolute atomic E-state index is 0.417. The zero-order valence-corrected chi connectivity index (χ0v) is 14.1. The summed E-state index contributed by atoms with van der Waals surface area (Å²) in [4.78, 5) is 11.1. The molecule has 5 heteroatoms. The van der Waals surface area contributed by atoms with Crippen molar-refractivity contribution in [1.82, 2.24) is 4.98 Å². The van der Waals surface area contributed by atoms with Crippen molar-refractivity contribution in [2.24, 2.45) is 5.16 Å². The molecule has 0 unspecified atom stereocenters. The van der Waals surface area contributed by atoms with Gasteiger partial charge < -0.3 is 4.84 Å². The van der Waals surface area contributed by atoms with Crippen molar-refractivity contribution in [3.05, 3.63) is 75.8 Å². The highest BCUT2D eigenvalue weighted by Crippen LogP contribution is 2.28. The second-order valence-electron chi connectivity index (χ2n) is 4.95. The van der Waals surface area contributed by atoms with Crippen molar-refractivity contribution in [2.45, 2.75) is 13.5 Å². The Morgan fingerprint density at radius 2 is 1.87 bits per heavy atom. The van der Waals surface area contributed by atoms with Crippen molar-refractivity contribution >= 4 is 29.2 Å². The van der Waals surface area contributed by atoms with E-state index in [2.05, 4.69) is 22.3 Å². The van der Waals surface area contributed by atoms with E-state index < -0.39 is 0 Å². The van der Waals surface area contributed by atoms with Gasteiger partial charge in [0.25, 0.3) is 0 Å². The van der Waals surface area contributed by atoms with E-state index in [1.54, 1.807) is 17.6 Å². The number of halogens is 1. The number of aromatic nitrogens is 1. The van der Waals surface area contributed by atoms with Crippen molar-refractivity contribution < 1.29 is 4.84 Å². The second-order valence-corrected chi connectivity index (χ2v) is 6.47. The zero-order chi connectivity index (χ0) is 16.1. The summed E-state index contributed by atoms with van der Waals surface area (Å²) >= 11 is 7.48. The molecule has 0 saturated carbocycles. The number of thiazole rings is 1. The number of benzene rings is 2. The Labute approximate surface area is 144 Å². The summed E-state index contributed by atoms with van der Waals surface area (Å²) in [6.07, 6.45) is 1.67. The SMILES string of the molecule is Cc1nc(-c2ccccc2)sc1CO/N=C/c1ccc(Cl)cc1. The van der Waals surface area contributed by atoms with Crippen LogP contribution in [0.4, 0.5) is 0 Å². The second kappa shape index (κ2) is 7.40. The monoisotopic (exact) mass is 342 g/mol. The lowest BCUT2D eigenvalue weighted by molar-refractivity contribution is 0.134. The van der Waals surface area contributed by atoms with Crippen LogP contribution in [0.5, 0.6) is 0 Å². The van der Waals surface area contributed by atoms with E-state index in [-0.39, 0.29) is 0 Å². The van der Waals surface area contributed by atoms with E-state index in [4.69, 9.17) is 16.4 Å². The summed E-state index contributed by atoms with van der Waals surface area (Å²) in [6, 6.07) is 17.6. The molecular formula is C18H15ClN2OS. The van der Waals surface area contributed by atoms with Crippen LogP contribution < -0.4 is 0 Å². The van der Waals surface area contributed by atoms with Crippen LogP contribution >= 0.6 is 22.9 Å². The summed E-state index contributed by atoms with van der Waals surface area (Å²) in [5.74, 6) is 0. The van der Waals surface area contributed by atoms with Gasteiger partial charge in [0.2, 0.25) is 0 Å². The summed E-state index contributed by atoms with van der Waals surface area (Å²) < 4.78 is 0. The minimum atomic E-state index is 0.417. The normalized spacial score (nSPS) is 11.0. The van der Waals surface area contributed by atoms with Gasteiger partial charge in [-0.1, -0.05) is 59.2 Å². The first-order valence-electron chi connectivity index (χ1n) is 7.15. The molecule has 0 aliphatic heterocycles. The molecule has 1 aromatic heterocycles. The van der Waals surface area contributed by atoms with E-state index in [1.807, 2.05) is 49.4 Å². The van der Waals surface area contributed by atoms with Crippen LogP contribution in [0.15, 0.2) is 59.8 Å². The highest BCUT2D eigenvalue weighted by Gasteiger charge is 2.09. The Hall–Kier alpha value is -2.17. The van der Waals surface area contributed by atoms with Gasteiger partial charge in [-0.05, 0) is 24.6 Å². The fourth-order valence-electron chi connectivity index (χ4n) is 2.01. The predicted molar refractivity (Wildman–Crippen MR) is 96.1 cm³/mol. The van der Waals surface area contributed by atoms with Crippen LogP contribution in [0.3, 0.4) is 0 Å². The fourth-order valence-corrected chi connectivity index (χ4v) is 3.11. The highest BCUT2D eigenvalue weighted by molar-refractivity contribution is 7.15. The highest BCUT2D eigenvalue weighted by atomic mass is 35.5. The third kappa shape index (κ3) is 4.18. The lowest BCUT2D eigenvalue weighted by Gasteiger charge is -1.97. The quantitative estimate of drug-likeness (QED) is 0.464. The van der Waals surface area contributed by atoms with Gasteiger partial charge in [0.05, 0.1) is 16.8 Å². The molecule has 0 atom stereocenters. The van der Waals surface area contributed by atoms with E-state index in [1.165, 1.54) is 0 Å². The van der Waals surface area contributed by atoms with Gasteiger partial charge >= 0.3 is 0 Å². The molecule has 2 aromatic carbocycles. The van der Waals surface area contributed by atoms with E-state index in [9.17, 15) is 0 Å². The van der Waals surface area contributed by atoms with E-state index in [0.29, 0.717) is 11.6 Å². The van der Waals surface area contributed by atoms with Crippen LogP contribution in [0.1, 0.15) is 16.1 Å². The third-order valence-corrected chi connectivity index (χ3v) is 4.69. The van der Waals surface area contributed by atoms with Crippen LogP contribution in [-0.4, -0.2) is 11.2 Å². The Bertz CT molecular complexity index is 798. The number of rotatable bonds is 5. The van der Waals surface area contributed by atoms with Gasteiger partial charge in [-0.15, -0.1) is 11.3 Å². The van der Waals surface area contributed by atoms with Crippen molar-refractivity contribution in [2.75, 3.05) is 0 Å². The average Bonchev–Trinajstić information content (AvgIpc) is 2.95. The molecule has 3 nitrogen and oxygen atoms in total. The predicted octanol–water partition coefficient (Wildman–Crippen LogP) is 5.32. The Kier molecular flexibility index (Phi) is 5.05. The standard InChI is InChI=1S/C18H15ClN2OS/c1-13-17(23-18(21-13)15-5-3-2-4-6-15)12-22-20-11-14-7-9-16(19)10-8-14/h2-11H,12H2,1H3/b20-11+. The van der Waals surface area contributed by atoms with Crippen LogP contribution in [0.2, 0.25) is 5.02 Å². The molecule has 3 rings (SSSR count). The molecule has 0 aliphatic carbocycles. The average molecular weight is 343 g/mol. The largest absolute Gasteiger partial charge is 0.390 e. The van der Waals surface area contributed by atoms with Gasteiger partial charge in [0.15, 0.2) is 6.61 Å². The minimum Gasteiger partial charge on any atom is -0.390 e. The zero-order valence-electron chi connectivity index (χ0n) is 12.6. The molecule has 116 valence electrons. The molecule has 0 aliphatic rings. The van der Waals surface area contributed by atoms with E-state index >= 15 is 0 Å².